The van der Waals surface area contributed by atoms with E-state index in [0.717, 1.165) is 24.3 Å². The molecule has 0 saturated heterocycles. The highest BCUT2D eigenvalue weighted by atomic mass is 32.2. The average molecular weight is 311 g/mol. The summed E-state index contributed by atoms with van der Waals surface area (Å²) < 4.78 is 63.3. The third-order valence-corrected chi connectivity index (χ3v) is 4.25. The van der Waals surface area contributed by atoms with Crippen molar-refractivity contribution in [2.45, 2.75) is 36.9 Å². The summed E-state index contributed by atoms with van der Waals surface area (Å²) in [5.74, 6) is 0. The smallest absolute Gasteiger partial charge is 0.396 e. The highest BCUT2D eigenvalue weighted by Gasteiger charge is 2.30. The molecule has 0 fully saturated rings. The van der Waals surface area contributed by atoms with E-state index in [0.29, 0.717) is 12.8 Å². The quantitative estimate of drug-likeness (QED) is 0.846. The zero-order valence-corrected chi connectivity index (χ0v) is 11.6. The summed E-state index contributed by atoms with van der Waals surface area (Å²) >= 11 is 0. The Labute approximate surface area is 115 Å². The maximum atomic E-state index is 12.4. The van der Waals surface area contributed by atoms with Crippen molar-refractivity contribution in [3.8, 4) is 0 Å². The van der Waals surface area contributed by atoms with Crippen LogP contribution in [0.1, 0.15) is 25.3 Å². The number of aliphatic hydroxyl groups excluding tert-OH is 1. The topological polar surface area (TPSA) is 66.4 Å². The number of hydrogen-bond donors (Lipinski definition) is 2. The largest absolute Gasteiger partial charge is 0.416 e. The molecule has 0 radical (unpaired) electrons. The molecular weight excluding hydrogens is 295 g/mol. The van der Waals surface area contributed by atoms with E-state index >= 15 is 0 Å². The van der Waals surface area contributed by atoms with Gasteiger partial charge in [-0.15, -0.1) is 0 Å². The van der Waals surface area contributed by atoms with E-state index in [1.807, 2.05) is 0 Å². The minimum Gasteiger partial charge on any atom is -0.396 e. The van der Waals surface area contributed by atoms with Gasteiger partial charge in [-0.05, 0) is 44.0 Å². The molecule has 0 bridgehead atoms. The molecule has 0 spiro atoms. The van der Waals surface area contributed by atoms with E-state index in [-0.39, 0.29) is 11.5 Å². The minimum atomic E-state index is -4.50. The van der Waals surface area contributed by atoms with E-state index in [9.17, 15) is 21.6 Å². The van der Waals surface area contributed by atoms with Gasteiger partial charge in [0.15, 0.2) is 0 Å². The molecule has 1 unspecified atom stereocenters. The number of aliphatic hydroxyl groups is 1. The van der Waals surface area contributed by atoms with Crippen LogP contribution in [-0.4, -0.2) is 26.2 Å². The molecule has 4 nitrogen and oxygen atoms in total. The first kappa shape index (κ1) is 16.9. The SMILES string of the molecule is CC(CCCO)NS(=O)(=O)c1ccc(C(F)(F)F)cc1. The van der Waals surface area contributed by atoms with Crippen LogP contribution in [0.25, 0.3) is 0 Å². The van der Waals surface area contributed by atoms with Gasteiger partial charge in [-0.2, -0.15) is 13.2 Å². The maximum absolute atomic E-state index is 12.4. The van der Waals surface area contributed by atoms with E-state index in [1.54, 1.807) is 6.92 Å². The predicted octanol–water partition coefficient (Wildman–Crippen LogP) is 2.14. The molecule has 1 aromatic carbocycles. The molecule has 0 aliphatic carbocycles. The molecule has 0 saturated carbocycles. The molecule has 0 heterocycles. The van der Waals surface area contributed by atoms with Crippen molar-refractivity contribution in [3.63, 3.8) is 0 Å². The number of alkyl halides is 3. The summed E-state index contributed by atoms with van der Waals surface area (Å²) in [6.07, 6.45) is -3.61. The number of halogens is 3. The molecule has 0 aliphatic heterocycles. The number of nitrogens with one attached hydrogen (secondary N) is 1. The summed E-state index contributed by atoms with van der Waals surface area (Å²) in [6.45, 7) is 1.57. The van der Waals surface area contributed by atoms with Crippen LogP contribution in [0.3, 0.4) is 0 Å². The van der Waals surface area contributed by atoms with E-state index in [1.165, 1.54) is 0 Å². The third kappa shape index (κ3) is 4.77. The van der Waals surface area contributed by atoms with Crippen molar-refractivity contribution in [2.24, 2.45) is 0 Å². The van der Waals surface area contributed by atoms with E-state index < -0.39 is 27.8 Å². The monoisotopic (exact) mass is 311 g/mol. The lowest BCUT2D eigenvalue weighted by atomic mass is 10.2. The first-order valence-electron chi connectivity index (χ1n) is 5.97. The molecule has 0 aromatic heterocycles. The van der Waals surface area contributed by atoms with Crippen LogP contribution in [0, 0.1) is 0 Å². The fraction of sp³-hybridized carbons (Fsp3) is 0.500. The van der Waals surface area contributed by atoms with Crippen LogP contribution in [0.5, 0.6) is 0 Å². The fourth-order valence-electron chi connectivity index (χ4n) is 1.61. The van der Waals surface area contributed by atoms with Crippen molar-refractivity contribution >= 4 is 10.0 Å². The van der Waals surface area contributed by atoms with E-state index in [2.05, 4.69) is 4.72 Å². The Morgan fingerprint density at radius 2 is 1.80 bits per heavy atom. The summed E-state index contributed by atoms with van der Waals surface area (Å²) in [7, 11) is -3.85. The highest BCUT2D eigenvalue weighted by Crippen LogP contribution is 2.29. The zero-order valence-electron chi connectivity index (χ0n) is 10.8. The Morgan fingerprint density at radius 3 is 2.25 bits per heavy atom. The van der Waals surface area contributed by atoms with Crippen LogP contribution >= 0.6 is 0 Å². The van der Waals surface area contributed by atoms with Crippen LogP contribution in [0.4, 0.5) is 13.2 Å². The predicted molar refractivity (Wildman–Crippen MR) is 67.5 cm³/mol. The standard InChI is InChI=1S/C12H16F3NO3S/c1-9(3-2-8-17)16-20(18,19)11-6-4-10(5-7-11)12(13,14)15/h4-7,9,16-17H,2-3,8H2,1H3. The molecule has 0 aliphatic rings. The maximum Gasteiger partial charge on any atom is 0.416 e. The third-order valence-electron chi connectivity index (χ3n) is 2.64. The van der Waals surface area contributed by atoms with Crippen molar-refractivity contribution < 1.29 is 26.7 Å². The highest BCUT2D eigenvalue weighted by molar-refractivity contribution is 7.89. The lowest BCUT2D eigenvalue weighted by molar-refractivity contribution is -0.137. The second-order valence-electron chi connectivity index (χ2n) is 4.41. The Kier molecular flexibility index (Phi) is 5.55. The Hall–Kier alpha value is -1.12. The van der Waals surface area contributed by atoms with Crippen molar-refractivity contribution in [3.05, 3.63) is 29.8 Å². The molecule has 2 N–H and O–H groups in total. The summed E-state index contributed by atoms with van der Waals surface area (Å²) in [4.78, 5) is -0.221. The van der Waals surface area contributed by atoms with Gasteiger partial charge in [-0.25, -0.2) is 13.1 Å². The summed E-state index contributed by atoms with van der Waals surface area (Å²) in [5, 5.41) is 8.65. The lowest BCUT2D eigenvalue weighted by Crippen LogP contribution is -2.32. The Balaban J connectivity index is 2.83. The van der Waals surface area contributed by atoms with Crippen molar-refractivity contribution in [1.82, 2.24) is 4.72 Å². The number of hydrogen-bond acceptors (Lipinski definition) is 3. The zero-order chi connectivity index (χ0) is 15.4. The van der Waals surface area contributed by atoms with Crippen molar-refractivity contribution in [1.29, 1.82) is 0 Å². The van der Waals surface area contributed by atoms with Gasteiger partial charge in [0.2, 0.25) is 10.0 Å². The normalized spacial score (nSPS) is 14.2. The van der Waals surface area contributed by atoms with Gasteiger partial charge < -0.3 is 5.11 Å². The molecule has 1 atom stereocenters. The van der Waals surface area contributed by atoms with Crippen LogP contribution in [0.15, 0.2) is 29.2 Å². The van der Waals surface area contributed by atoms with Gasteiger partial charge >= 0.3 is 6.18 Å². The van der Waals surface area contributed by atoms with Crippen molar-refractivity contribution in [2.75, 3.05) is 6.61 Å². The molecule has 114 valence electrons. The van der Waals surface area contributed by atoms with Gasteiger partial charge in [-0.3, -0.25) is 0 Å². The Bertz CT molecular complexity index is 526. The number of rotatable bonds is 6. The molecular formula is C12H16F3NO3S. The van der Waals surface area contributed by atoms with Gasteiger partial charge in [0.05, 0.1) is 10.5 Å². The average Bonchev–Trinajstić information content (AvgIpc) is 2.35. The fourth-order valence-corrected chi connectivity index (χ4v) is 2.89. The molecule has 20 heavy (non-hydrogen) atoms. The number of sulfonamides is 1. The van der Waals surface area contributed by atoms with Gasteiger partial charge in [0.25, 0.3) is 0 Å². The summed E-state index contributed by atoms with van der Waals surface area (Å²) in [6, 6.07) is 2.89. The van der Waals surface area contributed by atoms with E-state index in [4.69, 9.17) is 5.11 Å². The lowest BCUT2D eigenvalue weighted by Gasteiger charge is -2.14. The van der Waals surface area contributed by atoms with Crippen LogP contribution in [-0.2, 0) is 16.2 Å². The first-order chi connectivity index (χ1) is 9.16. The Morgan fingerprint density at radius 1 is 1.25 bits per heavy atom. The second kappa shape index (κ2) is 6.55. The van der Waals surface area contributed by atoms with Gasteiger partial charge in [0.1, 0.15) is 0 Å². The van der Waals surface area contributed by atoms with Crippen LogP contribution in [0.2, 0.25) is 0 Å². The molecule has 1 aromatic rings. The first-order valence-corrected chi connectivity index (χ1v) is 7.45. The summed E-state index contributed by atoms with van der Waals surface area (Å²) in [5.41, 5.74) is -0.898. The molecule has 0 amide bonds. The molecule has 8 heteroatoms. The van der Waals surface area contributed by atoms with Gasteiger partial charge in [0, 0.05) is 12.6 Å². The van der Waals surface area contributed by atoms with Gasteiger partial charge in [-0.1, -0.05) is 0 Å². The second-order valence-corrected chi connectivity index (χ2v) is 6.12. The number of benzene rings is 1. The minimum absolute atomic E-state index is 0.0493. The molecule has 1 rings (SSSR count). The van der Waals surface area contributed by atoms with Crippen LogP contribution < -0.4 is 4.72 Å².